The van der Waals surface area contributed by atoms with E-state index in [-0.39, 0.29) is 36.4 Å². The molecule has 1 saturated heterocycles. The van der Waals surface area contributed by atoms with Crippen molar-refractivity contribution in [3.05, 3.63) is 0 Å². The van der Waals surface area contributed by atoms with Gasteiger partial charge in [0.25, 0.3) is 0 Å². The molecule has 0 aromatic rings. The first-order valence-corrected chi connectivity index (χ1v) is 8.20. The van der Waals surface area contributed by atoms with Crippen LogP contribution in [0.15, 0.2) is 0 Å². The SMILES string of the molecule is CC1(C)[C@@H](CC#N)CC[C@@]1(C)NCC(=O)N1C[C@@H](F)C[C@H]1C#N. The average Bonchev–Trinajstić information content (AvgIpc) is 2.98. The van der Waals surface area contributed by atoms with E-state index in [1.807, 2.05) is 6.07 Å². The summed E-state index contributed by atoms with van der Waals surface area (Å²) in [5, 5.41) is 21.4. The maximum Gasteiger partial charge on any atom is 0.237 e. The number of rotatable bonds is 4. The molecule has 2 aliphatic rings. The Hall–Kier alpha value is -1.66. The van der Waals surface area contributed by atoms with E-state index in [9.17, 15) is 9.18 Å². The molecule has 1 N–H and O–H groups in total. The lowest BCUT2D eigenvalue weighted by Gasteiger charge is -2.42. The molecule has 6 heteroatoms. The Balaban J connectivity index is 1.99. The number of carbonyl (C=O) groups is 1. The molecule has 126 valence electrons. The van der Waals surface area contributed by atoms with Crippen molar-refractivity contribution in [1.82, 2.24) is 10.2 Å². The predicted molar refractivity (Wildman–Crippen MR) is 83.8 cm³/mol. The van der Waals surface area contributed by atoms with Gasteiger partial charge < -0.3 is 10.2 Å². The van der Waals surface area contributed by atoms with Crippen LogP contribution in [-0.2, 0) is 4.79 Å². The molecule has 0 aromatic carbocycles. The molecule has 0 aromatic heterocycles. The monoisotopic (exact) mass is 320 g/mol. The summed E-state index contributed by atoms with van der Waals surface area (Å²) in [6.07, 6.45) is 1.37. The van der Waals surface area contributed by atoms with Crippen LogP contribution in [0, 0.1) is 34.0 Å². The second-order valence-electron chi connectivity index (χ2n) is 7.53. The molecule has 2 rings (SSSR count). The average molecular weight is 320 g/mol. The summed E-state index contributed by atoms with van der Waals surface area (Å²) in [6.45, 7) is 6.46. The summed E-state index contributed by atoms with van der Waals surface area (Å²) in [5.74, 6) is 0.0754. The summed E-state index contributed by atoms with van der Waals surface area (Å²) in [4.78, 5) is 13.7. The zero-order valence-corrected chi connectivity index (χ0v) is 14.1. The van der Waals surface area contributed by atoms with E-state index in [1.165, 1.54) is 4.90 Å². The van der Waals surface area contributed by atoms with Crippen LogP contribution in [-0.4, -0.2) is 41.6 Å². The maximum atomic E-state index is 13.5. The van der Waals surface area contributed by atoms with Crippen LogP contribution in [0.4, 0.5) is 4.39 Å². The van der Waals surface area contributed by atoms with E-state index in [2.05, 4.69) is 32.2 Å². The third-order valence-electron chi connectivity index (χ3n) is 6.12. The number of hydrogen-bond donors (Lipinski definition) is 1. The van der Waals surface area contributed by atoms with Crippen LogP contribution >= 0.6 is 0 Å². The van der Waals surface area contributed by atoms with E-state index < -0.39 is 12.2 Å². The molecule has 23 heavy (non-hydrogen) atoms. The third kappa shape index (κ3) is 3.19. The molecule has 1 amide bonds. The number of hydrogen-bond acceptors (Lipinski definition) is 4. The van der Waals surface area contributed by atoms with Crippen molar-refractivity contribution in [2.45, 2.75) is 64.2 Å². The van der Waals surface area contributed by atoms with Crippen molar-refractivity contribution in [3.63, 3.8) is 0 Å². The molecule has 4 atom stereocenters. The van der Waals surface area contributed by atoms with Crippen molar-refractivity contribution in [2.75, 3.05) is 13.1 Å². The summed E-state index contributed by atoms with van der Waals surface area (Å²) in [6, 6.07) is 3.60. The smallest absolute Gasteiger partial charge is 0.237 e. The van der Waals surface area contributed by atoms with Gasteiger partial charge in [-0.15, -0.1) is 0 Å². The maximum absolute atomic E-state index is 13.5. The number of halogens is 1. The highest BCUT2D eigenvalue weighted by molar-refractivity contribution is 5.79. The summed E-state index contributed by atoms with van der Waals surface area (Å²) in [5.41, 5.74) is -0.355. The second-order valence-corrected chi connectivity index (χ2v) is 7.53. The summed E-state index contributed by atoms with van der Waals surface area (Å²) in [7, 11) is 0. The van der Waals surface area contributed by atoms with Gasteiger partial charge in [-0.3, -0.25) is 4.79 Å². The van der Waals surface area contributed by atoms with Crippen molar-refractivity contribution in [3.8, 4) is 12.1 Å². The van der Waals surface area contributed by atoms with Crippen molar-refractivity contribution in [2.24, 2.45) is 11.3 Å². The molecule has 1 aliphatic heterocycles. The number of amides is 1. The molecular formula is C17H25FN4O. The first-order chi connectivity index (χ1) is 10.7. The van der Waals surface area contributed by atoms with Crippen LogP contribution in [0.1, 0.15) is 46.5 Å². The number of nitrogens with zero attached hydrogens (tertiary/aromatic N) is 3. The largest absolute Gasteiger partial charge is 0.323 e. The first-order valence-electron chi connectivity index (χ1n) is 8.20. The predicted octanol–water partition coefficient (Wildman–Crippen LogP) is 2.15. The number of likely N-dealkylation sites (tertiary alicyclic amines) is 1. The van der Waals surface area contributed by atoms with Gasteiger partial charge in [-0.1, -0.05) is 13.8 Å². The lowest BCUT2D eigenvalue weighted by molar-refractivity contribution is -0.131. The topological polar surface area (TPSA) is 79.9 Å². The minimum atomic E-state index is -1.11. The van der Waals surface area contributed by atoms with Gasteiger partial charge in [0.05, 0.1) is 25.2 Å². The van der Waals surface area contributed by atoms with Crippen LogP contribution in [0.5, 0.6) is 0 Å². The van der Waals surface area contributed by atoms with Crippen LogP contribution in [0.3, 0.4) is 0 Å². The Kier molecular flexibility index (Phi) is 4.96. The van der Waals surface area contributed by atoms with Crippen LogP contribution < -0.4 is 5.32 Å². The molecular weight excluding hydrogens is 295 g/mol. The number of carbonyl (C=O) groups excluding carboxylic acids is 1. The van der Waals surface area contributed by atoms with Gasteiger partial charge in [-0.25, -0.2) is 4.39 Å². The molecule has 0 radical (unpaired) electrons. The Labute approximate surface area is 137 Å². The molecule has 1 heterocycles. The van der Waals surface area contributed by atoms with Crippen LogP contribution in [0.25, 0.3) is 0 Å². The van der Waals surface area contributed by atoms with E-state index in [0.29, 0.717) is 12.3 Å². The van der Waals surface area contributed by atoms with Gasteiger partial charge in [0.1, 0.15) is 12.2 Å². The molecule has 2 fully saturated rings. The lowest BCUT2D eigenvalue weighted by atomic mass is 9.70. The third-order valence-corrected chi connectivity index (χ3v) is 6.12. The Morgan fingerprint density at radius 1 is 1.39 bits per heavy atom. The second kappa shape index (κ2) is 6.45. The number of alkyl halides is 1. The fourth-order valence-corrected chi connectivity index (χ4v) is 3.94. The minimum Gasteiger partial charge on any atom is -0.323 e. The Morgan fingerprint density at radius 3 is 2.70 bits per heavy atom. The van der Waals surface area contributed by atoms with E-state index in [1.54, 1.807) is 0 Å². The highest BCUT2D eigenvalue weighted by atomic mass is 19.1. The number of nitriles is 2. The minimum absolute atomic E-state index is 0.00983. The Morgan fingerprint density at radius 2 is 2.09 bits per heavy atom. The van der Waals surface area contributed by atoms with E-state index in [0.717, 1.165) is 12.8 Å². The lowest BCUT2D eigenvalue weighted by Crippen LogP contribution is -2.55. The van der Waals surface area contributed by atoms with Gasteiger partial charge in [-0.05, 0) is 31.1 Å². The summed E-state index contributed by atoms with van der Waals surface area (Å²) < 4.78 is 13.5. The molecule has 0 bridgehead atoms. The Bertz CT molecular complexity index is 550. The van der Waals surface area contributed by atoms with Crippen molar-refractivity contribution < 1.29 is 9.18 Å². The molecule has 0 spiro atoms. The zero-order chi connectivity index (χ0) is 17.3. The highest BCUT2D eigenvalue weighted by Crippen LogP contribution is 2.51. The van der Waals surface area contributed by atoms with Gasteiger partial charge in [0, 0.05) is 18.4 Å². The van der Waals surface area contributed by atoms with Gasteiger partial charge in [0.2, 0.25) is 5.91 Å². The molecule has 1 aliphatic carbocycles. The van der Waals surface area contributed by atoms with Crippen molar-refractivity contribution in [1.29, 1.82) is 10.5 Å². The zero-order valence-electron chi connectivity index (χ0n) is 14.1. The molecule has 5 nitrogen and oxygen atoms in total. The normalized spacial score (nSPS) is 35.7. The van der Waals surface area contributed by atoms with Crippen molar-refractivity contribution >= 4 is 5.91 Å². The van der Waals surface area contributed by atoms with Gasteiger partial charge >= 0.3 is 0 Å². The standard InChI is InChI=1S/C17H25FN4O/c1-16(2)12(5-7-19)4-6-17(16,3)21-10-15(23)22-11-13(18)8-14(22)9-20/h12-14,21H,4-6,8,10-11H2,1-3H3/t12-,13+,14+,17-/m1/s1. The van der Waals surface area contributed by atoms with Gasteiger partial charge in [-0.2, -0.15) is 10.5 Å². The fourth-order valence-electron chi connectivity index (χ4n) is 3.94. The van der Waals surface area contributed by atoms with Gasteiger partial charge in [0.15, 0.2) is 0 Å². The van der Waals surface area contributed by atoms with E-state index in [4.69, 9.17) is 10.5 Å². The summed E-state index contributed by atoms with van der Waals surface area (Å²) >= 11 is 0. The first kappa shape index (κ1) is 17.7. The van der Waals surface area contributed by atoms with Crippen LogP contribution in [0.2, 0.25) is 0 Å². The van der Waals surface area contributed by atoms with E-state index >= 15 is 0 Å². The molecule has 1 saturated carbocycles. The fraction of sp³-hybridized carbons (Fsp3) is 0.824. The quantitative estimate of drug-likeness (QED) is 0.860. The number of nitrogens with one attached hydrogen (secondary N) is 1. The highest BCUT2D eigenvalue weighted by Gasteiger charge is 2.51. The molecule has 0 unspecified atom stereocenters.